The molecule has 1 amide bonds. The van der Waals surface area contributed by atoms with E-state index in [1.54, 1.807) is 12.1 Å². The molecule has 0 radical (unpaired) electrons. The van der Waals surface area contributed by atoms with E-state index in [0.717, 1.165) is 18.5 Å². The summed E-state index contributed by atoms with van der Waals surface area (Å²) >= 11 is 0. The summed E-state index contributed by atoms with van der Waals surface area (Å²) in [6, 6.07) is 7.18. The summed E-state index contributed by atoms with van der Waals surface area (Å²) in [6.07, 6.45) is 6.06. The van der Waals surface area contributed by atoms with Crippen molar-refractivity contribution < 1.29 is 13.2 Å². The van der Waals surface area contributed by atoms with Crippen LogP contribution in [-0.2, 0) is 14.8 Å². The van der Waals surface area contributed by atoms with Crippen molar-refractivity contribution in [3.8, 4) is 0 Å². The van der Waals surface area contributed by atoms with Gasteiger partial charge in [-0.2, -0.15) is 4.31 Å². The normalized spacial score (nSPS) is 19.8. The highest BCUT2D eigenvalue weighted by molar-refractivity contribution is 7.89. The number of carbonyl (C=O) groups is 1. The Morgan fingerprint density at radius 3 is 2.27 bits per heavy atom. The molecule has 0 unspecified atom stereocenters. The summed E-state index contributed by atoms with van der Waals surface area (Å²) in [7, 11) is -3.49. The number of piperidine rings is 2. The molecule has 2 fully saturated rings. The van der Waals surface area contributed by atoms with Crippen LogP contribution >= 0.6 is 0 Å². The Balaban J connectivity index is 1.42. The first-order valence-electron chi connectivity index (χ1n) is 11.5. The van der Waals surface area contributed by atoms with Crippen LogP contribution in [0.25, 0.3) is 0 Å². The highest BCUT2D eigenvalue weighted by Gasteiger charge is 2.32. The van der Waals surface area contributed by atoms with E-state index in [1.165, 1.54) is 36.7 Å². The third kappa shape index (κ3) is 6.05. The van der Waals surface area contributed by atoms with Crippen LogP contribution in [0.15, 0.2) is 29.2 Å². The molecular formula is C23H37N3O3S. The van der Waals surface area contributed by atoms with Crippen LogP contribution in [0.2, 0.25) is 0 Å². The number of rotatable bonds is 8. The Labute approximate surface area is 182 Å². The van der Waals surface area contributed by atoms with Gasteiger partial charge >= 0.3 is 0 Å². The van der Waals surface area contributed by atoms with Gasteiger partial charge in [0.1, 0.15) is 0 Å². The van der Waals surface area contributed by atoms with E-state index in [4.69, 9.17) is 0 Å². The minimum absolute atomic E-state index is 0.0759. The Hall–Kier alpha value is -1.44. The molecule has 7 heteroatoms. The van der Waals surface area contributed by atoms with Crippen molar-refractivity contribution in [1.82, 2.24) is 14.5 Å². The van der Waals surface area contributed by atoms with Gasteiger partial charge in [0, 0.05) is 25.6 Å². The number of carbonyl (C=O) groups excluding carboxylic acids is 1. The average molecular weight is 436 g/mol. The van der Waals surface area contributed by atoms with Crippen molar-refractivity contribution in [2.24, 2.45) is 5.92 Å². The summed E-state index contributed by atoms with van der Waals surface area (Å²) in [5, 5.41) is 3.06. The lowest BCUT2D eigenvalue weighted by Gasteiger charge is -2.30. The third-order valence-corrected chi connectivity index (χ3v) is 8.32. The van der Waals surface area contributed by atoms with Crippen molar-refractivity contribution in [2.75, 3.05) is 39.3 Å². The van der Waals surface area contributed by atoms with Gasteiger partial charge in [-0.15, -0.1) is 0 Å². The van der Waals surface area contributed by atoms with Crippen LogP contribution in [0.3, 0.4) is 0 Å². The van der Waals surface area contributed by atoms with E-state index in [-0.39, 0.29) is 11.8 Å². The van der Waals surface area contributed by atoms with Gasteiger partial charge in [0.25, 0.3) is 0 Å². The molecule has 2 saturated heterocycles. The van der Waals surface area contributed by atoms with Crippen LogP contribution in [0.5, 0.6) is 0 Å². The molecule has 1 aromatic rings. The topological polar surface area (TPSA) is 69.7 Å². The van der Waals surface area contributed by atoms with Gasteiger partial charge in [-0.3, -0.25) is 4.79 Å². The summed E-state index contributed by atoms with van der Waals surface area (Å²) in [6.45, 7) is 9.10. The Kier molecular flexibility index (Phi) is 8.31. The number of hydrogen-bond acceptors (Lipinski definition) is 4. The highest BCUT2D eigenvalue weighted by Crippen LogP contribution is 2.25. The van der Waals surface area contributed by atoms with Gasteiger partial charge in [0.15, 0.2) is 0 Å². The fourth-order valence-corrected chi connectivity index (χ4v) is 5.84. The molecule has 1 N–H and O–H groups in total. The third-order valence-electron chi connectivity index (χ3n) is 6.41. The zero-order chi connectivity index (χ0) is 21.6. The first-order valence-corrected chi connectivity index (χ1v) is 12.9. The fraction of sp³-hybridized carbons (Fsp3) is 0.696. The largest absolute Gasteiger partial charge is 0.356 e. The van der Waals surface area contributed by atoms with E-state index in [1.807, 2.05) is 12.1 Å². The van der Waals surface area contributed by atoms with Gasteiger partial charge in [0.05, 0.1) is 4.90 Å². The molecule has 0 spiro atoms. The van der Waals surface area contributed by atoms with E-state index < -0.39 is 10.0 Å². The van der Waals surface area contributed by atoms with E-state index in [0.29, 0.717) is 43.3 Å². The molecule has 30 heavy (non-hydrogen) atoms. The molecule has 3 rings (SSSR count). The highest BCUT2D eigenvalue weighted by atomic mass is 32.2. The van der Waals surface area contributed by atoms with Gasteiger partial charge in [-0.25, -0.2) is 8.42 Å². The Bertz CT molecular complexity index is 778. The number of nitrogens with one attached hydrogen (secondary N) is 1. The average Bonchev–Trinajstić information content (AvgIpc) is 2.77. The maximum absolute atomic E-state index is 12.9. The van der Waals surface area contributed by atoms with Gasteiger partial charge in [0.2, 0.25) is 15.9 Å². The summed E-state index contributed by atoms with van der Waals surface area (Å²) < 4.78 is 27.4. The van der Waals surface area contributed by atoms with E-state index >= 15 is 0 Å². The first-order chi connectivity index (χ1) is 14.4. The molecule has 2 heterocycles. The van der Waals surface area contributed by atoms with Crippen molar-refractivity contribution in [1.29, 1.82) is 0 Å². The first kappa shape index (κ1) is 23.2. The quantitative estimate of drug-likeness (QED) is 0.637. The van der Waals surface area contributed by atoms with Crippen molar-refractivity contribution >= 4 is 15.9 Å². The maximum Gasteiger partial charge on any atom is 0.243 e. The minimum atomic E-state index is -3.49. The monoisotopic (exact) mass is 435 g/mol. The molecular weight excluding hydrogens is 398 g/mol. The van der Waals surface area contributed by atoms with E-state index in [9.17, 15) is 13.2 Å². The molecule has 0 bridgehead atoms. The number of hydrogen-bond donors (Lipinski definition) is 1. The Morgan fingerprint density at radius 2 is 1.67 bits per heavy atom. The second-order valence-corrected chi connectivity index (χ2v) is 10.9. The zero-order valence-electron chi connectivity index (χ0n) is 18.5. The SMILES string of the molecule is CC(C)c1ccc(S(=O)(=O)N2CCC(C(=O)NCCCN3CCCCC3)CC2)cc1. The van der Waals surface area contributed by atoms with Crippen LogP contribution in [0.4, 0.5) is 0 Å². The van der Waals surface area contributed by atoms with Gasteiger partial charge < -0.3 is 10.2 Å². The summed E-state index contributed by atoms with van der Waals surface area (Å²) in [5.74, 6) is 0.359. The van der Waals surface area contributed by atoms with Gasteiger partial charge in [-0.05, 0) is 75.4 Å². The lowest BCUT2D eigenvalue weighted by molar-refractivity contribution is -0.126. The van der Waals surface area contributed by atoms with Crippen LogP contribution in [0, 0.1) is 5.92 Å². The predicted molar refractivity (Wildman–Crippen MR) is 120 cm³/mol. The van der Waals surface area contributed by atoms with Gasteiger partial charge in [-0.1, -0.05) is 32.4 Å². The second-order valence-electron chi connectivity index (χ2n) is 8.95. The lowest BCUT2D eigenvalue weighted by atomic mass is 9.97. The standard InChI is InChI=1S/C23H37N3O3S/c1-19(2)20-7-9-22(10-8-20)30(28,29)26-17-11-21(12-18-26)23(27)24-13-6-16-25-14-4-3-5-15-25/h7-10,19,21H,3-6,11-18H2,1-2H3,(H,24,27). The Morgan fingerprint density at radius 1 is 1.03 bits per heavy atom. The minimum Gasteiger partial charge on any atom is -0.356 e. The van der Waals surface area contributed by atoms with Crippen molar-refractivity contribution in [3.63, 3.8) is 0 Å². The molecule has 168 valence electrons. The fourth-order valence-electron chi connectivity index (χ4n) is 4.37. The zero-order valence-corrected chi connectivity index (χ0v) is 19.3. The number of benzene rings is 1. The number of sulfonamides is 1. The van der Waals surface area contributed by atoms with Crippen LogP contribution in [0.1, 0.15) is 63.9 Å². The number of likely N-dealkylation sites (tertiary alicyclic amines) is 1. The van der Waals surface area contributed by atoms with E-state index in [2.05, 4.69) is 24.1 Å². The summed E-state index contributed by atoms with van der Waals surface area (Å²) in [5.41, 5.74) is 1.13. The predicted octanol–water partition coefficient (Wildman–Crippen LogP) is 3.20. The van der Waals surface area contributed by atoms with Crippen molar-refractivity contribution in [2.45, 2.75) is 63.2 Å². The molecule has 6 nitrogen and oxygen atoms in total. The maximum atomic E-state index is 12.9. The van der Waals surface area contributed by atoms with Crippen LogP contribution < -0.4 is 5.32 Å². The molecule has 0 aromatic heterocycles. The smallest absolute Gasteiger partial charge is 0.243 e. The molecule has 2 aliphatic heterocycles. The van der Waals surface area contributed by atoms with Crippen molar-refractivity contribution in [3.05, 3.63) is 29.8 Å². The molecule has 2 aliphatic rings. The van der Waals surface area contributed by atoms with Crippen LogP contribution in [-0.4, -0.2) is 62.8 Å². The summed E-state index contributed by atoms with van der Waals surface area (Å²) in [4.78, 5) is 15.3. The molecule has 1 aromatic carbocycles. The lowest BCUT2D eigenvalue weighted by Crippen LogP contribution is -2.43. The number of nitrogens with zero attached hydrogens (tertiary/aromatic N) is 2. The number of amides is 1. The molecule has 0 aliphatic carbocycles. The molecule has 0 atom stereocenters. The molecule has 0 saturated carbocycles. The second kappa shape index (κ2) is 10.7.